The van der Waals surface area contributed by atoms with E-state index >= 15 is 0 Å². The van der Waals surface area contributed by atoms with Crippen LogP contribution in [0.5, 0.6) is 0 Å². The van der Waals surface area contributed by atoms with Crippen LogP contribution in [0.2, 0.25) is 0 Å². The minimum absolute atomic E-state index is 0.713. The van der Waals surface area contributed by atoms with E-state index in [1.165, 1.54) is 18.4 Å². The Hall–Kier alpha value is -1.94. The first-order valence-corrected chi connectivity index (χ1v) is 7.07. The molecule has 0 aliphatic heterocycles. The molecular weight excluding hydrogens is 248 g/mol. The first kappa shape index (κ1) is 13.1. The predicted molar refractivity (Wildman–Crippen MR) is 81.1 cm³/mol. The molecule has 0 saturated heterocycles. The molecule has 1 fully saturated rings. The lowest BCUT2D eigenvalue weighted by atomic mass is 10.2. The Kier molecular flexibility index (Phi) is 3.65. The summed E-state index contributed by atoms with van der Waals surface area (Å²) < 4.78 is 0. The monoisotopic (exact) mass is 268 g/mol. The van der Waals surface area contributed by atoms with Crippen molar-refractivity contribution >= 4 is 11.6 Å². The third-order valence-electron chi connectivity index (χ3n) is 3.55. The topological polar surface area (TPSA) is 41.1 Å². The maximum Gasteiger partial charge on any atom is 0.229 e. The Morgan fingerprint density at radius 2 is 2.00 bits per heavy atom. The Balaban J connectivity index is 1.69. The Bertz CT molecular complexity index is 575. The van der Waals surface area contributed by atoms with Gasteiger partial charge in [0.05, 0.1) is 0 Å². The van der Waals surface area contributed by atoms with Gasteiger partial charge in [-0.2, -0.15) is 0 Å². The molecule has 0 radical (unpaired) electrons. The molecule has 4 nitrogen and oxygen atoms in total. The maximum absolute atomic E-state index is 4.46. The van der Waals surface area contributed by atoms with E-state index in [-0.39, 0.29) is 0 Å². The zero-order chi connectivity index (χ0) is 13.9. The number of nitrogens with zero attached hydrogens (tertiary/aromatic N) is 3. The highest BCUT2D eigenvalue weighted by Crippen LogP contribution is 2.21. The van der Waals surface area contributed by atoms with Gasteiger partial charge in [-0.15, -0.1) is 0 Å². The van der Waals surface area contributed by atoms with Gasteiger partial charge in [-0.1, -0.05) is 12.1 Å². The van der Waals surface area contributed by atoms with Gasteiger partial charge >= 0.3 is 0 Å². The van der Waals surface area contributed by atoms with Gasteiger partial charge in [0.25, 0.3) is 0 Å². The molecule has 1 aromatic carbocycles. The van der Waals surface area contributed by atoms with E-state index in [1.807, 2.05) is 24.3 Å². The van der Waals surface area contributed by atoms with Gasteiger partial charge in [0.1, 0.15) is 0 Å². The summed E-state index contributed by atoms with van der Waals surface area (Å²) in [7, 11) is 1.99. The van der Waals surface area contributed by atoms with Crippen LogP contribution in [0.3, 0.4) is 0 Å². The van der Waals surface area contributed by atoms with E-state index in [0.29, 0.717) is 6.04 Å². The molecule has 2 aromatic rings. The quantitative estimate of drug-likeness (QED) is 0.905. The molecule has 3 rings (SSSR count). The molecule has 20 heavy (non-hydrogen) atoms. The number of benzene rings is 1. The Morgan fingerprint density at radius 3 is 2.65 bits per heavy atom. The second kappa shape index (κ2) is 5.59. The summed E-state index contributed by atoms with van der Waals surface area (Å²) in [5.41, 5.74) is 3.48. The zero-order valence-corrected chi connectivity index (χ0v) is 12.0. The minimum atomic E-state index is 0.713. The van der Waals surface area contributed by atoms with Crippen molar-refractivity contribution in [2.45, 2.75) is 32.4 Å². The Morgan fingerprint density at radius 1 is 1.25 bits per heavy atom. The molecule has 4 heteroatoms. The molecule has 0 spiro atoms. The number of rotatable bonds is 5. The fourth-order valence-electron chi connectivity index (χ4n) is 2.11. The second-order valence-electron chi connectivity index (χ2n) is 5.44. The molecular formula is C16H20N4. The molecule has 0 amide bonds. The highest BCUT2D eigenvalue weighted by Gasteiger charge is 2.20. The fourth-order valence-corrected chi connectivity index (χ4v) is 2.11. The third kappa shape index (κ3) is 3.14. The predicted octanol–water partition coefficient (Wildman–Crippen LogP) is 2.80. The average molecular weight is 268 g/mol. The lowest BCUT2D eigenvalue weighted by Gasteiger charge is -2.17. The number of nitrogens with one attached hydrogen (secondary N) is 1. The van der Waals surface area contributed by atoms with Crippen molar-refractivity contribution in [3.05, 3.63) is 47.8 Å². The van der Waals surface area contributed by atoms with Crippen LogP contribution >= 0.6 is 0 Å². The van der Waals surface area contributed by atoms with E-state index in [0.717, 1.165) is 23.7 Å². The molecule has 1 heterocycles. The first-order valence-electron chi connectivity index (χ1n) is 7.07. The number of hydrogen-bond acceptors (Lipinski definition) is 4. The first-order chi connectivity index (χ1) is 9.72. The van der Waals surface area contributed by atoms with Crippen LogP contribution in [0.1, 0.15) is 24.0 Å². The molecule has 1 aliphatic rings. The SMILES string of the molecule is Cc1cccc(N(C)c2ncc(CNC3CC3)cn2)c1. The fraction of sp³-hybridized carbons (Fsp3) is 0.375. The van der Waals surface area contributed by atoms with Crippen molar-refractivity contribution in [1.29, 1.82) is 0 Å². The van der Waals surface area contributed by atoms with E-state index in [1.54, 1.807) is 0 Å². The Labute approximate surface area is 119 Å². The third-order valence-corrected chi connectivity index (χ3v) is 3.55. The van der Waals surface area contributed by atoms with Crippen molar-refractivity contribution in [2.75, 3.05) is 11.9 Å². The van der Waals surface area contributed by atoms with Crippen molar-refractivity contribution in [1.82, 2.24) is 15.3 Å². The highest BCUT2D eigenvalue weighted by atomic mass is 15.2. The number of aromatic nitrogens is 2. The van der Waals surface area contributed by atoms with Gasteiger partial charge in [0.2, 0.25) is 5.95 Å². The second-order valence-corrected chi connectivity index (χ2v) is 5.44. The van der Waals surface area contributed by atoms with Crippen molar-refractivity contribution in [3.63, 3.8) is 0 Å². The van der Waals surface area contributed by atoms with Gasteiger partial charge in [-0.25, -0.2) is 9.97 Å². The highest BCUT2D eigenvalue weighted by molar-refractivity contribution is 5.56. The molecule has 1 N–H and O–H groups in total. The lowest BCUT2D eigenvalue weighted by Crippen LogP contribution is -2.17. The van der Waals surface area contributed by atoms with Gasteiger partial charge < -0.3 is 10.2 Å². The molecule has 1 aliphatic carbocycles. The van der Waals surface area contributed by atoms with E-state index in [4.69, 9.17) is 0 Å². The summed E-state index contributed by atoms with van der Waals surface area (Å²) in [6.07, 6.45) is 6.41. The van der Waals surface area contributed by atoms with E-state index < -0.39 is 0 Å². The number of hydrogen-bond donors (Lipinski definition) is 1. The molecule has 1 saturated carbocycles. The molecule has 1 aromatic heterocycles. The van der Waals surface area contributed by atoms with Crippen LogP contribution in [0.4, 0.5) is 11.6 Å². The van der Waals surface area contributed by atoms with E-state index in [2.05, 4.69) is 46.5 Å². The molecule has 0 bridgehead atoms. The van der Waals surface area contributed by atoms with E-state index in [9.17, 15) is 0 Å². The number of aryl methyl sites for hydroxylation is 1. The molecule has 104 valence electrons. The largest absolute Gasteiger partial charge is 0.314 e. The normalized spacial score (nSPS) is 14.3. The van der Waals surface area contributed by atoms with Crippen molar-refractivity contribution in [3.8, 4) is 0 Å². The molecule has 0 unspecified atom stereocenters. The van der Waals surface area contributed by atoms with Crippen LogP contribution in [-0.2, 0) is 6.54 Å². The van der Waals surface area contributed by atoms with Crippen LogP contribution < -0.4 is 10.2 Å². The van der Waals surface area contributed by atoms with Crippen LogP contribution in [-0.4, -0.2) is 23.1 Å². The minimum Gasteiger partial charge on any atom is -0.314 e. The van der Waals surface area contributed by atoms with Gasteiger partial charge in [-0.3, -0.25) is 0 Å². The standard InChI is InChI=1S/C16H20N4/c1-12-4-3-5-15(8-12)20(2)16-18-10-13(11-19-16)9-17-14-6-7-14/h3-5,8,10-11,14,17H,6-7,9H2,1-2H3. The zero-order valence-electron chi connectivity index (χ0n) is 12.0. The van der Waals surface area contributed by atoms with Crippen LogP contribution in [0.25, 0.3) is 0 Å². The summed E-state index contributed by atoms with van der Waals surface area (Å²) in [6.45, 7) is 2.95. The summed E-state index contributed by atoms with van der Waals surface area (Å²) in [5, 5.41) is 3.47. The van der Waals surface area contributed by atoms with Crippen molar-refractivity contribution < 1.29 is 0 Å². The number of anilines is 2. The van der Waals surface area contributed by atoms with Crippen LogP contribution in [0.15, 0.2) is 36.7 Å². The maximum atomic E-state index is 4.46. The summed E-state index contributed by atoms with van der Waals surface area (Å²) >= 11 is 0. The lowest BCUT2D eigenvalue weighted by molar-refractivity contribution is 0.683. The van der Waals surface area contributed by atoms with Gasteiger partial charge in [0.15, 0.2) is 0 Å². The smallest absolute Gasteiger partial charge is 0.229 e. The van der Waals surface area contributed by atoms with Gasteiger partial charge in [-0.05, 0) is 37.5 Å². The van der Waals surface area contributed by atoms with Gasteiger partial charge in [0, 0.05) is 43.3 Å². The summed E-state index contributed by atoms with van der Waals surface area (Å²) in [6, 6.07) is 9.05. The summed E-state index contributed by atoms with van der Waals surface area (Å²) in [4.78, 5) is 10.9. The van der Waals surface area contributed by atoms with Crippen molar-refractivity contribution in [2.24, 2.45) is 0 Å². The average Bonchev–Trinajstić information content (AvgIpc) is 3.29. The van der Waals surface area contributed by atoms with Crippen LogP contribution in [0, 0.1) is 6.92 Å². The molecule has 0 atom stereocenters. The summed E-state index contributed by atoms with van der Waals surface area (Å²) in [5.74, 6) is 0.728.